The number of thioether (sulfide) groups is 2. The maximum Gasteiger partial charge on any atom is 0.411 e. The Balaban J connectivity index is 1.32. The number of piperazine rings is 1. The Morgan fingerprint density at radius 3 is 2.42 bits per heavy atom. The third kappa shape index (κ3) is 9.76. The number of nitrogens with one attached hydrogen (secondary N) is 3. The molecule has 1 aromatic heterocycles. The lowest BCUT2D eigenvalue weighted by Gasteiger charge is -2.49. The van der Waals surface area contributed by atoms with E-state index in [1.54, 1.807) is 6.92 Å². The Morgan fingerprint density at radius 1 is 1.09 bits per heavy atom. The number of nitrogens with zero attached hydrogens (tertiary/aromatic N) is 7. The maximum absolute atomic E-state index is 13.9. The van der Waals surface area contributed by atoms with Gasteiger partial charge in [-0.05, 0) is 40.6 Å². The first-order valence-corrected chi connectivity index (χ1v) is 20.0. The molecule has 1 aromatic carbocycles. The van der Waals surface area contributed by atoms with E-state index in [-0.39, 0.29) is 58.8 Å². The number of tetrazole rings is 1. The van der Waals surface area contributed by atoms with Crippen molar-refractivity contribution in [3.8, 4) is 0 Å². The lowest BCUT2D eigenvalue weighted by Crippen LogP contribution is -2.71. The molecule has 0 spiro atoms. The molecule has 28 heteroatoms. The van der Waals surface area contributed by atoms with Crippen molar-refractivity contribution in [1.29, 1.82) is 0 Å². The molecule has 3 aliphatic heterocycles. The minimum Gasteiger partial charge on any atom is -0.480 e. The zero-order chi connectivity index (χ0) is 41.8. The summed E-state index contributed by atoms with van der Waals surface area (Å²) in [6, 6.07) is -0.296. The fraction of sp³-hybridized carbons (Fsp3) is 0.414. The number of urea groups is 1. The molecule has 25 nitrogen and oxygen atoms in total. The highest BCUT2D eigenvalue weighted by atomic mass is 32.2. The average molecular weight is 856 g/mol. The van der Waals surface area contributed by atoms with E-state index in [4.69, 9.17) is 20.1 Å². The van der Waals surface area contributed by atoms with Crippen molar-refractivity contribution >= 4 is 87.0 Å². The molecule has 0 bridgehead atoms. The van der Waals surface area contributed by atoms with Crippen LogP contribution in [0.1, 0.15) is 18.5 Å². The van der Waals surface area contributed by atoms with Crippen LogP contribution in [0.4, 0.5) is 15.3 Å². The number of nitrogens with two attached hydrogens (primary N) is 1. The third-order valence-corrected chi connectivity index (χ3v) is 11.3. The van der Waals surface area contributed by atoms with Crippen LogP contribution in [0, 0.1) is 0 Å². The standard InChI is InChI=1S/C29H33N11O14S3/c1-2-37-7-8-38(23(44)22(37)43)27(49)33-17(13-3-5-15(6-4-13)31-29(50)54-9-16(30)25(45)46)20(41)32-18-21(42)40-19(26(47)48)14(10-55-24(18)40)11-56-28-34-35-36-39(28)12-57(51,52)53/h3-6,16-18,24H,2,7-12,30H2,1H3,(H,31,50)(H,32,41)(H,33,49)(H,45,46)(H,47,48)(H,51,52,53)/t16-,17-,18-,24+/m1/s1. The molecule has 7 amide bonds. The maximum atomic E-state index is 13.9. The van der Waals surface area contributed by atoms with Gasteiger partial charge in [-0.1, -0.05) is 23.9 Å². The van der Waals surface area contributed by atoms with Crippen LogP contribution in [0.2, 0.25) is 0 Å². The molecule has 0 unspecified atom stereocenters. The Morgan fingerprint density at radius 2 is 1.79 bits per heavy atom. The number of aromatic nitrogens is 4. The van der Waals surface area contributed by atoms with Gasteiger partial charge in [-0.3, -0.25) is 43.6 Å². The number of rotatable bonds is 15. The molecule has 57 heavy (non-hydrogen) atoms. The van der Waals surface area contributed by atoms with Crippen LogP contribution in [0.3, 0.4) is 0 Å². The number of carbonyl (C=O) groups is 8. The number of carbonyl (C=O) groups excluding carboxylic acids is 6. The van der Waals surface area contributed by atoms with Crippen molar-refractivity contribution < 1.29 is 66.3 Å². The van der Waals surface area contributed by atoms with Crippen molar-refractivity contribution in [1.82, 2.24) is 45.5 Å². The SMILES string of the molecule is CCN1CCN(C(=O)N[C@@H](C(=O)N[C@@H]2C(=O)N3C(C(=O)O)=C(CSc4nnnn4CS(=O)(=O)O)CS[C@@H]23)c2ccc(NC(=O)OC[C@@H](N)C(=O)O)cc2)C(=O)C1=O. The molecule has 306 valence electrons. The highest BCUT2D eigenvalue weighted by Crippen LogP contribution is 2.41. The molecule has 8 N–H and O–H groups in total. The van der Waals surface area contributed by atoms with Crippen LogP contribution >= 0.6 is 23.5 Å². The van der Waals surface area contributed by atoms with Crippen molar-refractivity contribution in [2.24, 2.45) is 5.73 Å². The Kier molecular flexibility index (Phi) is 13.0. The van der Waals surface area contributed by atoms with Gasteiger partial charge in [0.25, 0.3) is 16.0 Å². The first-order chi connectivity index (χ1) is 26.9. The molecular formula is C29H33N11O14S3. The van der Waals surface area contributed by atoms with Crippen molar-refractivity contribution in [3.63, 3.8) is 0 Å². The highest BCUT2D eigenvalue weighted by Gasteiger charge is 2.54. The number of aliphatic carboxylic acids is 2. The van der Waals surface area contributed by atoms with Gasteiger partial charge in [0.15, 0.2) is 5.88 Å². The second-order valence-corrected chi connectivity index (χ2v) is 15.6. The summed E-state index contributed by atoms with van der Waals surface area (Å²) in [5.41, 5.74) is 5.35. The number of ether oxygens (including phenoxy) is 1. The van der Waals surface area contributed by atoms with Gasteiger partial charge in [-0.15, -0.1) is 16.9 Å². The molecule has 4 atom stereocenters. The molecule has 0 radical (unpaired) electrons. The smallest absolute Gasteiger partial charge is 0.411 e. The number of likely N-dealkylation sites (N-methyl/N-ethyl adjacent to an activating group) is 1. The van der Waals surface area contributed by atoms with Crippen LogP contribution in [0.15, 0.2) is 40.7 Å². The summed E-state index contributed by atoms with van der Waals surface area (Å²) in [5, 5.41) is 35.7. The average Bonchev–Trinajstić information content (AvgIpc) is 3.59. The number of amides is 7. The van der Waals surface area contributed by atoms with Gasteiger partial charge in [0.2, 0.25) is 11.1 Å². The van der Waals surface area contributed by atoms with Crippen molar-refractivity contribution in [2.75, 3.05) is 43.1 Å². The first-order valence-electron chi connectivity index (χ1n) is 16.4. The summed E-state index contributed by atoms with van der Waals surface area (Å²) in [4.78, 5) is 104. The summed E-state index contributed by atoms with van der Waals surface area (Å²) in [6.45, 7) is 1.07. The minimum atomic E-state index is -4.51. The molecule has 0 saturated carbocycles. The molecular weight excluding hydrogens is 823 g/mol. The second kappa shape index (κ2) is 17.5. The van der Waals surface area contributed by atoms with E-state index in [9.17, 15) is 51.9 Å². The number of hydrogen-bond donors (Lipinski definition) is 7. The number of benzene rings is 1. The number of β-lactam (4-membered cyclic amide) rings is 1. The summed E-state index contributed by atoms with van der Waals surface area (Å²) in [7, 11) is -4.51. The van der Waals surface area contributed by atoms with Gasteiger partial charge in [0, 0.05) is 36.8 Å². The topological polar surface area (TPSA) is 356 Å². The van der Waals surface area contributed by atoms with E-state index in [0.29, 0.717) is 4.90 Å². The predicted molar refractivity (Wildman–Crippen MR) is 192 cm³/mol. The molecule has 4 heterocycles. The molecule has 2 aromatic rings. The fourth-order valence-corrected chi connectivity index (χ4v) is 8.47. The van der Waals surface area contributed by atoms with Crippen LogP contribution < -0.4 is 21.7 Å². The van der Waals surface area contributed by atoms with E-state index in [0.717, 1.165) is 33.1 Å². The Hall–Kier alpha value is -5.84. The third-order valence-electron chi connectivity index (χ3n) is 8.37. The Bertz CT molecular complexity index is 2130. The molecule has 0 aliphatic carbocycles. The normalized spacial score (nSPS) is 19.3. The zero-order valence-electron chi connectivity index (χ0n) is 29.3. The van der Waals surface area contributed by atoms with Crippen LogP contribution in [-0.4, -0.2) is 161 Å². The van der Waals surface area contributed by atoms with Gasteiger partial charge >= 0.3 is 35.9 Å². The number of imide groups is 1. The van der Waals surface area contributed by atoms with Crippen molar-refractivity contribution in [3.05, 3.63) is 41.1 Å². The van der Waals surface area contributed by atoms with Gasteiger partial charge in [-0.25, -0.2) is 19.1 Å². The van der Waals surface area contributed by atoms with Gasteiger partial charge < -0.3 is 36.2 Å². The van der Waals surface area contributed by atoms with Crippen LogP contribution in [0.25, 0.3) is 0 Å². The minimum absolute atomic E-state index is 0.0338. The molecule has 2 saturated heterocycles. The van der Waals surface area contributed by atoms with Gasteiger partial charge in [0.05, 0.1) is 0 Å². The van der Waals surface area contributed by atoms with E-state index in [1.807, 2.05) is 0 Å². The number of carboxylic acid groups (broad SMARTS) is 2. The summed E-state index contributed by atoms with van der Waals surface area (Å²) < 4.78 is 37.3. The van der Waals surface area contributed by atoms with E-state index in [2.05, 4.69) is 31.5 Å². The largest absolute Gasteiger partial charge is 0.480 e. The number of anilines is 1. The quantitative estimate of drug-likeness (QED) is 0.0420. The van der Waals surface area contributed by atoms with Gasteiger partial charge in [-0.2, -0.15) is 8.42 Å². The van der Waals surface area contributed by atoms with E-state index >= 15 is 0 Å². The monoisotopic (exact) mass is 855 g/mol. The predicted octanol–water partition coefficient (Wildman–Crippen LogP) is -2.55. The summed E-state index contributed by atoms with van der Waals surface area (Å²) in [6.07, 6.45) is -1.05. The van der Waals surface area contributed by atoms with E-state index < -0.39 is 93.8 Å². The first kappa shape index (κ1) is 42.3. The van der Waals surface area contributed by atoms with Crippen LogP contribution in [-0.2, 0) is 49.5 Å². The van der Waals surface area contributed by atoms with Crippen molar-refractivity contribution in [2.45, 2.75) is 41.5 Å². The summed E-state index contributed by atoms with van der Waals surface area (Å²) >= 11 is 1.95. The second-order valence-electron chi connectivity index (χ2n) is 12.1. The number of carboxylic acids is 2. The van der Waals surface area contributed by atoms with Crippen LogP contribution in [0.5, 0.6) is 0 Å². The lowest BCUT2D eigenvalue weighted by atomic mass is 10.0. The molecule has 5 rings (SSSR count). The van der Waals surface area contributed by atoms with E-state index in [1.165, 1.54) is 29.2 Å². The molecule has 3 aliphatic rings. The zero-order valence-corrected chi connectivity index (χ0v) is 31.8. The van der Waals surface area contributed by atoms with Gasteiger partial charge in [0.1, 0.15) is 35.8 Å². The molecule has 2 fully saturated rings. The number of fused-ring (bicyclic) bond motifs is 1. The Labute approximate surface area is 329 Å². The highest BCUT2D eigenvalue weighted by molar-refractivity contribution is 8.01. The fourth-order valence-electron chi connectivity index (χ4n) is 5.54. The lowest BCUT2D eigenvalue weighted by molar-refractivity contribution is -0.153. The summed E-state index contributed by atoms with van der Waals surface area (Å²) in [5.74, 6) is -7.75. The number of hydrogen-bond acceptors (Lipinski definition) is 17.